The Labute approximate surface area is 172 Å². The number of thiophene rings is 1. The van der Waals surface area contributed by atoms with Crippen molar-refractivity contribution in [3.8, 4) is 11.4 Å². The van der Waals surface area contributed by atoms with E-state index in [9.17, 15) is 4.39 Å². The zero-order chi connectivity index (χ0) is 19.0. The van der Waals surface area contributed by atoms with Crippen LogP contribution < -0.4 is 0 Å². The summed E-state index contributed by atoms with van der Waals surface area (Å²) in [6, 6.07) is 4.78. The maximum atomic E-state index is 14.0. The molecule has 2 aromatic heterocycles. The van der Waals surface area contributed by atoms with Crippen LogP contribution in [0.5, 0.6) is 0 Å². The third-order valence-corrected chi connectivity index (χ3v) is 7.48. The highest BCUT2D eigenvalue weighted by Crippen LogP contribution is 2.38. The lowest BCUT2D eigenvalue weighted by molar-refractivity contribution is 0.508. The fourth-order valence-corrected chi connectivity index (χ4v) is 6.14. The Morgan fingerprint density at radius 1 is 1.37 bits per heavy atom. The molecule has 0 fully saturated rings. The Bertz CT molecular complexity index is 946. The zero-order valence-corrected chi connectivity index (χ0v) is 17.7. The number of rotatable bonds is 5. The van der Waals surface area contributed by atoms with Crippen LogP contribution in [0.1, 0.15) is 36.3 Å². The number of halogens is 2. The second-order valence-corrected chi connectivity index (χ2v) is 9.25. The van der Waals surface area contributed by atoms with Gasteiger partial charge in [0.2, 0.25) is 0 Å². The molecule has 1 unspecified atom stereocenters. The Kier molecular flexibility index (Phi) is 5.58. The maximum absolute atomic E-state index is 14.0. The summed E-state index contributed by atoms with van der Waals surface area (Å²) in [7, 11) is 0. The fourth-order valence-electron chi connectivity index (χ4n) is 3.55. The quantitative estimate of drug-likeness (QED) is 0.457. The number of hydrogen-bond donors (Lipinski definition) is 0. The second-order valence-electron chi connectivity index (χ2n) is 6.94. The molecule has 0 saturated heterocycles. The average molecular weight is 422 g/mol. The molecule has 7 heteroatoms. The van der Waals surface area contributed by atoms with E-state index < -0.39 is 0 Å². The average Bonchev–Trinajstić information content (AvgIpc) is 3.24. The predicted octanol–water partition coefficient (Wildman–Crippen LogP) is 6.24. The lowest BCUT2D eigenvalue weighted by atomic mass is 9.88. The van der Waals surface area contributed by atoms with Gasteiger partial charge in [-0.3, -0.25) is 0 Å². The molecule has 0 saturated carbocycles. The Morgan fingerprint density at radius 3 is 3.00 bits per heavy atom. The molecule has 1 aliphatic carbocycles. The van der Waals surface area contributed by atoms with Gasteiger partial charge in [0.05, 0.1) is 0 Å². The first-order valence-corrected chi connectivity index (χ1v) is 11.4. The van der Waals surface area contributed by atoms with Crippen LogP contribution in [0.2, 0.25) is 5.02 Å². The van der Waals surface area contributed by atoms with Gasteiger partial charge in [0.1, 0.15) is 5.82 Å². The van der Waals surface area contributed by atoms with Crippen molar-refractivity contribution in [2.75, 3.05) is 0 Å². The Hall–Kier alpha value is -1.37. The summed E-state index contributed by atoms with van der Waals surface area (Å²) >= 11 is 9.47. The van der Waals surface area contributed by atoms with Crippen molar-refractivity contribution in [1.82, 2.24) is 14.8 Å². The van der Waals surface area contributed by atoms with E-state index in [0.29, 0.717) is 16.3 Å². The van der Waals surface area contributed by atoms with Crippen molar-refractivity contribution in [2.45, 2.75) is 50.6 Å². The Balaban J connectivity index is 1.62. The van der Waals surface area contributed by atoms with E-state index in [1.807, 2.05) is 11.3 Å². The molecule has 27 heavy (non-hydrogen) atoms. The van der Waals surface area contributed by atoms with E-state index in [0.717, 1.165) is 36.3 Å². The summed E-state index contributed by atoms with van der Waals surface area (Å²) in [6.07, 6.45) is 3.50. The van der Waals surface area contributed by atoms with Crippen molar-refractivity contribution in [1.29, 1.82) is 0 Å². The summed E-state index contributed by atoms with van der Waals surface area (Å²) in [5.74, 6) is 1.83. The molecular weight excluding hydrogens is 401 g/mol. The first-order valence-electron chi connectivity index (χ1n) is 9.17. The molecule has 4 rings (SSSR count). The molecule has 142 valence electrons. The molecule has 1 aliphatic rings. The third-order valence-electron chi connectivity index (χ3n) is 5.08. The first-order chi connectivity index (χ1) is 13.1. The minimum atomic E-state index is -0.279. The van der Waals surface area contributed by atoms with E-state index in [4.69, 9.17) is 11.6 Å². The molecule has 0 bridgehead atoms. The largest absolute Gasteiger partial charge is 0.302 e. The predicted molar refractivity (Wildman–Crippen MR) is 111 cm³/mol. The summed E-state index contributed by atoms with van der Waals surface area (Å²) in [6.45, 7) is 5.18. The van der Waals surface area contributed by atoms with Crippen molar-refractivity contribution >= 4 is 34.7 Å². The molecule has 3 aromatic rings. The van der Waals surface area contributed by atoms with Crippen LogP contribution in [0.4, 0.5) is 4.39 Å². The van der Waals surface area contributed by atoms with Gasteiger partial charge in [-0.15, -0.1) is 21.5 Å². The fraction of sp³-hybridized carbons (Fsp3) is 0.400. The zero-order valence-electron chi connectivity index (χ0n) is 15.3. The first kappa shape index (κ1) is 19.0. The van der Waals surface area contributed by atoms with Crippen molar-refractivity contribution in [3.63, 3.8) is 0 Å². The van der Waals surface area contributed by atoms with E-state index in [1.165, 1.54) is 40.3 Å². The van der Waals surface area contributed by atoms with Gasteiger partial charge in [-0.25, -0.2) is 4.39 Å². The monoisotopic (exact) mass is 421 g/mol. The summed E-state index contributed by atoms with van der Waals surface area (Å²) in [5.41, 5.74) is 3.17. The van der Waals surface area contributed by atoms with Crippen molar-refractivity contribution in [2.24, 2.45) is 5.92 Å². The number of hydrogen-bond acceptors (Lipinski definition) is 4. The van der Waals surface area contributed by atoms with E-state index >= 15 is 0 Å². The van der Waals surface area contributed by atoms with Gasteiger partial charge in [-0.2, -0.15) is 0 Å². The summed E-state index contributed by atoms with van der Waals surface area (Å²) in [5, 5.41) is 12.4. The van der Waals surface area contributed by atoms with Crippen LogP contribution >= 0.6 is 34.7 Å². The van der Waals surface area contributed by atoms with Gasteiger partial charge in [-0.05, 0) is 49.8 Å². The number of aromatic nitrogens is 3. The normalized spacial score (nSPS) is 16.5. The van der Waals surface area contributed by atoms with Crippen LogP contribution in [-0.2, 0) is 25.1 Å². The van der Waals surface area contributed by atoms with Crippen LogP contribution in [0.25, 0.3) is 11.4 Å². The van der Waals surface area contributed by atoms with Gasteiger partial charge in [0.25, 0.3) is 0 Å². The molecule has 3 nitrogen and oxygen atoms in total. The summed E-state index contributed by atoms with van der Waals surface area (Å²) < 4.78 is 16.2. The molecular formula is C20H21ClFN3S2. The number of nitrogens with zero attached hydrogens (tertiary/aromatic N) is 3. The number of fused-ring (bicyclic) bond motifs is 1. The second kappa shape index (κ2) is 7.94. The molecule has 0 radical (unpaired) electrons. The van der Waals surface area contributed by atoms with Gasteiger partial charge in [-0.1, -0.05) is 36.4 Å². The lowest BCUT2D eigenvalue weighted by Crippen LogP contribution is -2.10. The molecule has 1 atom stereocenters. The smallest absolute Gasteiger partial charge is 0.191 e. The highest BCUT2D eigenvalue weighted by molar-refractivity contribution is 7.98. The molecule has 0 aliphatic heterocycles. The highest BCUT2D eigenvalue weighted by atomic mass is 35.5. The standard InChI is InChI=1S/C20H21ClFN3S2/c1-3-25-19(14-10-26-18-9-12(2)7-8-13(14)18)23-24-20(25)27-11-15-16(21)5-4-6-17(15)22/h4-6,10,12H,3,7-9,11H2,1-2H3. The Morgan fingerprint density at radius 2 is 2.22 bits per heavy atom. The number of benzene rings is 1. The molecule has 0 N–H and O–H groups in total. The van der Waals surface area contributed by atoms with Crippen LogP contribution in [-0.4, -0.2) is 14.8 Å². The molecule has 2 heterocycles. The van der Waals surface area contributed by atoms with Gasteiger partial charge >= 0.3 is 0 Å². The molecule has 1 aromatic carbocycles. The summed E-state index contributed by atoms with van der Waals surface area (Å²) in [4.78, 5) is 1.49. The topological polar surface area (TPSA) is 30.7 Å². The van der Waals surface area contributed by atoms with Crippen LogP contribution in [0, 0.1) is 11.7 Å². The number of thioether (sulfide) groups is 1. The third kappa shape index (κ3) is 3.67. The van der Waals surface area contributed by atoms with Crippen molar-refractivity contribution in [3.05, 3.63) is 50.4 Å². The van der Waals surface area contributed by atoms with Crippen LogP contribution in [0.3, 0.4) is 0 Å². The van der Waals surface area contributed by atoms with Gasteiger partial charge in [0, 0.05) is 38.7 Å². The molecule has 0 amide bonds. The van der Waals surface area contributed by atoms with Crippen LogP contribution in [0.15, 0.2) is 28.7 Å². The van der Waals surface area contributed by atoms with E-state index in [-0.39, 0.29) is 5.82 Å². The maximum Gasteiger partial charge on any atom is 0.191 e. The molecule has 0 spiro atoms. The minimum Gasteiger partial charge on any atom is -0.302 e. The van der Waals surface area contributed by atoms with Gasteiger partial charge < -0.3 is 4.57 Å². The van der Waals surface area contributed by atoms with Crippen molar-refractivity contribution < 1.29 is 4.39 Å². The van der Waals surface area contributed by atoms with E-state index in [2.05, 4.69) is 34.0 Å². The lowest BCUT2D eigenvalue weighted by Gasteiger charge is -2.19. The van der Waals surface area contributed by atoms with Gasteiger partial charge in [0.15, 0.2) is 11.0 Å². The highest BCUT2D eigenvalue weighted by Gasteiger charge is 2.24. The SMILES string of the molecule is CCn1c(SCc2c(F)cccc2Cl)nnc1-c1csc2c1CCC(C)C2. The minimum absolute atomic E-state index is 0.279. The van der Waals surface area contributed by atoms with E-state index in [1.54, 1.807) is 12.1 Å².